The number of phenolic OH excluding ortho intramolecular Hbond substituents is 2. The van der Waals surface area contributed by atoms with E-state index in [1.54, 1.807) is 26.0 Å². The summed E-state index contributed by atoms with van der Waals surface area (Å²) >= 11 is 0. The van der Waals surface area contributed by atoms with Crippen LogP contribution < -0.4 is 4.74 Å². The van der Waals surface area contributed by atoms with E-state index in [-0.39, 0.29) is 22.8 Å². The molecule has 5 nitrogen and oxygen atoms in total. The van der Waals surface area contributed by atoms with Gasteiger partial charge in [-0.15, -0.1) is 0 Å². The first-order valence-electron chi connectivity index (χ1n) is 7.30. The average Bonchev–Trinajstić information content (AvgIpc) is 2.58. The molecule has 1 heterocycles. The van der Waals surface area contributed by atoms with E-state index in [9.17, 15) is 15.0 Å². The number of rotatable bonds is 2. The van der Waals surface area contributed by atoms with Crippen molar-refractivity contribution in [3.63, 3.8) is 0 Å². The molecule has 1 aliphatic heterocycles. The number of carbonyl (C=O) groups excluding carboxylic acids is 1. The molecule has 2 aromatic carbocycles. The van der Waals surface area contributed by atoms with Crippen LogP contribution in [0.3, 0.4) is 0 Å². The average molecular weight is 314 g/mol. The summed E-state index contributed by atoms with van der Waals surface area (Å²) in [4.78, 5) is 12.8. The lowest BCUT2D eigenvalue weighted by molar-refractivity contribution is -0.139. The minimum Gasteiger partial charge on any atom is -0.507 e. The number of carbonyl (C=O) groups is 1. The van der Waals surface area contributed by atoms with Gasteiger partial charge in [0.1, 0.15) is 17.2 Å². The van der Waals surface area contributed by atoms with Gasteiger partial charge >= 0.3 is 0 Å². The van der Waals surface area contributed by atoms with Crippen molar-refractivity contribution in [2.45, 2.75) is 26.1 Å². The first-order valence-corrected chi connectivity index (χ1v) is 7.30. The van der Waals surface area contributed by atoms with Crippen molar-refractivity contribution in [1.82, 2.24) is 0 Å². The highest BCUT2D eigenvalue weighted by Gasteiger charge is 2.41. The molecule has 2 atom stereocenters. The Morgan fingerprint density at radius 2 is 1.70 bits per heavy atom. The molecule has 2 aromatic rings. The standard InChI is InChI=1S/C18H18O5/c1-9-13(19)10(2)16-12(14(9)20)18(22-3)15(21)17(23-16)11-7-5-4-6-8-11/h4-8,17-20H,1-3H3. The maximum atomic E-state index is 12.8. The molecule has 0 aromatic heterocycles. The summed E-state index contributed by atoms with van der Waals surface area (Å²) in [5, 5.41) is 20.5. The van der Waals surface area contributed by atoms with Crippen LogP contribution in [0, 0.1) is 13.8 Å². The normalized spacial score (nSPS) is 20.0. The van der Waals surface area contributed by atoms with Crippen molar-refractivity contribution in [3.8, 4) is 17.2 Å². The lowest BCUT2D eigenvalue weighted by atomic mass is 9.89. The molecule has 0 amide bonds. The van der Waals surface area contributed by atoms with Crippen LogP contribution in [0.15, 0.2) is 30.3 Å². The van der Waals surface area contributed by atoms with Gasteiger partial charge in [0.25, 0.3) is 0 Å². The van der Waals surface area contributed by atoms with Gasteiger partial charge in [-0.25, -0.2) is 0 Å². The molecule has 0 saturated carbocycles. The second-order valence-electron chi connectivity index (χ2n) is 5.62. The van der Waals surface area contributed by atoms with Gasteiger partial charge in [0.2, 0.25) is 5.78 Å². The third-order valence-electron chi connectivity index (χ3n) is 4.26. The van der Waals surface area contributed by atoms with E-state index >= 15 is 0 Å². The fraction of sp³-hybridized carbons (Fsp3) is 0.278. The number of ether oxygens (including phenoxy) is 2. The topological polar surface area (TPSA) is 76.0 Å². The van der Waals surface area contributed by atoms with E-state index in [0.29, 0.717) is 22.4 Å². The molecule has 2 N–H and O–H groups in total. The van der Waals surface area contributed by atoms with E-state index in [4.69, 9.17) is 9.47 Å². The van der Waals surface area contributed by atoms with E-state index < -0.39 is 12.2 Å². The van der Waals surface area contributed by atoms with Gasteiger partial charge < -0.3 is 19.7 Å². The van der Waals surface area contributed by atoms with Crippen LogP contribution in [0.1, 0.15) is 34.5 Å². The molecule has 23 heavy (non-hydrogen) atoms. The Balaban J connectivity index is 2.21. The minimum absolute atomic E-state index is 0.0442. The van der Waals surface area contributed by atoms with Crippen LogP contribution in [0.2, 0.25) is 0 Å². The Bertz CT molecular complexity index is 767. The number of phenols is 2. The predicted molar refractivity (Wildman–Crippen MR) is 83.8 cm³/mol. The summed E-state index contributed by atoms with van der Waals surface area (Å²) < 4.78 is 11.2. The zero-order chi connectivity index (χ0) is 16.7. The van der Waals surface area contributed by atoms with Crippen molar-refractivity contribution in [3.05, 3.63) is 52.6 Å². The zero-order valence-electron chi connectivity index (χ0n) is 13.2. The summed E-state index contributed by atoms with van der Waals surface area (Å²) in [6.45, 7) is 3.27. The summed E-state index contributed by atoms with van der Waals surface area (Å²) in [6.07, 6.45) is -1.78. The molecule has 120 valence electrons. The molecule has 0 spiro atoms. The van der Waals surface area contributed by atoms with Gasteiger partial charge in [0.05, 0.1) is 5.56 Å². The lowest BCUT2D eigenvalue weighted by Crippen LogP contribution is -2.31. The molecular formula is C18H18O5. The van der Waals surface area contributed by atoms with Crippen molar-refractivity contribution in [2.75, 3.05) is 7.11 Å². The number of ketones is 1. The highest BCUT2D eigenvalue weighted by atomic mass is 16.5. The largest absolute Gasteiger partial charge is 0.507 e. The number of hydrogen-bond donors (Lipinski definition) is 2. The van der Waals surface area contributed by atoms with Crippen LogP contribution in [0.4, 0.5) is 0 Å². The lowest BCUT2D eigenvalue weighted by Gasteiger charge is -2.32. The Kier molecular flexibility index (Phi) is 3.74. The van der Waals surface area contributed by atoms with Crippen LogP contribution in [0.25, 0.3) is 0 Å². The van der Waals surface area contributed by atoms with Crippen molar-refractivity contribution >= 4 is 5.78 Å². The second kappa shape index (κ2) is 5.59. The first kappa shape index (κ1) is 15.4. The molecule has 0 radical (unpaired) electrons. The smallest absolute Gasteiger partial charge is 0.211 e. The second-order valence-corrected chi connectivity index (χ2v) is 5.62. The molecule has 0 aliphatic carbocycles. The van der Waals surface area contributed by atoms with Crippen molar-refractivity contribution in [2.24, 2.45) is 0 Å². The number of benzene rings is 2. The summed E-state index contributed by atoms with van der Waals surface area (Å²) in [6, 6.07) is 9.08. The number of Topliss-reactive ketones (excluding diaryl/α,β-unsaturated/α-hetero) is 1. The zero-order valence-corrected chi connectivity index (χ0v) is 13.2. The molecular weight excluding hydrogens is 296 g/mol. The number of methoxy groups -OCH3 is 1. The van der Waals surface area contributed by atoms with Gasteiger partial charge in [-0.2, -0.15) is 0 Å². The monoisotopic (exact) mass is 314 g/mol. The first-order chi connectivity index (χ1) is 11.0. The van der Waals surface area contributed by atoms with Gasteiger partial charge in [-0.1, -0.05) is 30.3 Å². The highest BCUT2D eigenvalue weighted by Crippen LogP contribution is 2.50. The molecule has 0 bridgehead atoms. The van der Waals surface area contributed by atoms with Crippen LogP contribution in [0.5, 0.6) is 17.2 Å². The number of hydrogen-bond acceptors (Lipinski definition) is 5. The van der Waals surface area contributed by atoms with E-state index in [0.717, 1.165) is 0 Å². The number of fused-ring (bicyclic) bond motifs is 1. The maximum Gasteiger partial charge on any atom is 0.211 e. The fourth-order valence-electron chi connectivity index (χ4n) is 2.96. The highest BCUT2D eigenvalue weighted by molar-refractivity contribution is 5.93. The maximum absolute atomic E-state index is 12.8. The number of aromatic hydroxyl groups is 2. The van der Waals surface area contributed by atoms with E-state index in [2.05, 4.69) is 0 Å². The van der Waals surface area contributed by atoms with E-state index in [1.165, 1.54) is 7.11 Å². The Labute approximate surface area is 134 Å². The Morgan fingerprint density at radius 1 is 1.04 bits per heavy atom. The summed E-state index contributed by atoms with van der Waals surface area (Å²) in [5.74, 6) is -0.205. The van der Waals surface area contributed by atoms with Crippen LogP contribution in [-0.2, 0) is 9.53 Å². The van der Waals surface area contributed by atoms with Crippen molar-refractivity contribution in [1.29, 1.82) is 0 Å². The van der Waals surface area contributed by atoms with Crippen LogP contribution >= 0.6 is 0 Å². The van der Waals surface area contributed by atoms with Gasteiger partial charge in [-0.3, -0.25) is 4.79 Å². The Hall–Kier alpha value is -2.53. The van der Waals surface area contributed by atoms with Crippen LogP contribution in [-0.4, -0.2) is 23.1 Å². The summed E-state index contributed by atoms with van der Waals surface area (Å²) in [5.41, 5.74) is 1.75. The summed E-state index contributed by atoms with van der Waals surface area (Å²) in [7, 11) is 1.41. The SMILES string of the molecule is COC1C(=O)C(c2ccccc2)Oc2c(C)c(O)c(C)c(O)c21. The van der Waals surface area contributed by atoms with Crippen molar-refractivity contribution < 1.29 is 24.5 Å². The van der Waals surface area contributed by atoms with Gasteiger partial charge in [0, 0.05) is 18.2 Å². The molecule has 0 fully saturated rings. The third kappa shape index (κ3) is 2.24. The van der Waals surface area contributed by atoms with Gasteiger partial charge in [0.15, 0.2) is 12.2 Å². The fourth-order valence-corrected chi connectivity index (χ4v) is 2.96. The molecule has 1 aliphatic rings. The minimum atomic E-state index is -0.943. The Morgan fingerprint density at radius 3 is 2.30 bits per heavy atom. The predicted octanol–water partition coefficient (Wildman–Crippen LogP) is 3.10. The molecule has 0 saturated heterocycles. The van der Waals surface area contributed by atoms with Gasteiger partial charge in [-0.05, 0) is 19.4 Å². The quantitative estimate of drug-likeness (QED) is 0.891. The molecule has 5 heteroatoms. The molecule has 3 rings (SSSR count). The molecule has 2 unspecified atom stereocenters. The van der Waals surface area contributed by atoms with E-state index in [1.807, 2.05) is 18.2 Å². The third-order valence-corrected chi connectivity index (χ3v) is 4.26.